The molecule has 0 amide bonds. The minimum atomic E-state index is -1.01. The second-order valence-corrected chi connectivity index (χ2v) is 7.40. The maximum Gasteiger partial charge on any atom is 0.327 e. The number of unbranched alkanes of at least 4 members (excludes halogenated alkanes) is 2. The molecule has 0 bridgehead atoms. The molecule has 160 valence electrons. The summed E-state index contributed by atoms with van der Waals surface area (Å²) in [6, 6.07) is 10.00. The van der Waals surface area contributed by atoms with Crippen molar-refractivity contribution in [2.24, 2.45) is 0 Å². The van der Waals surface area contributed by atoms with Crippen LogP contribution in [-0.4, -0.2) is 41.5 Å². The van der Waals surface area contributed by atoms with Gasteiger partial charge in [-0.1, -0.05) is 62.6 Å². The van der Waals surface area contributed by atoms with Crippen molar-refractivity contribution in [3.63, 3.8) is 0 Å². The molecule has 2 rings (SSSR count). The number of benzene rings is 1. The first-order chi connectivity index (χ1) is 14.0. The molecule has 29 heavy (non-hydrogen) atoms. The van der Waals surface area contributed by atoms with E-state index in [9.17, 15) is 9.59 Å². The van der Waals surface area contributed by atoms with Gasteiger partial charge in [-0.2, -0.15) is 0 Å². The van der Waals surface area contributed by atoms with Crippen molar-refractivity contribution in [2.45, 2.75) is 83.4 Å². The lowest BCUT2D eigenvalue weighted by molar-refractivity contribution is -0.149. The van der Waals surface area contributed by atoms with Crippen molar-refractivity contribution in [3.05, 3.63) is 48.0 Å². The summed E-state index contributed by atoms with van der Waals surface area (Å²) in [5, 5.41) is 8.80. The third kappa shape index (κ3) is 8.38. The standard InChI is InChI=1S/C23H32O6/c1-3-4-6-12-19(27-16-18-10-7-5-8-11-18)21-15-22(28-17(2)24)20(29-21)13-9-14-23(25)26/h5,7-11,14,19-22H,3-4,6,12-13,15-16H2,1-2H3,(H,25,26)/b14-9+/t19-,20+,21-,22-/m1/s1. The molecule has 1 aliphatic heterocycles. The molecule has 4 atom stereocenters. The second kappa shape index (κ2) is 12.4. The first kappa shape index (κ1) is 23.1. The van der Waals surface area contributed by atoms with E-state index < -0.39 is 12.1 Å². The van der Waals surface area contributed by atoms with E-state index in [4.69, 9.17) is 19.3 Å². The predicted octanol–water partition coefficient (Wildman–Crippen LogP) is 4.27. The van der Waals surface area contributed by atoms with Crippen molar-refractivity contribution in [1.82, 2.24) is 0 Å². The molecule has 0 unspecified atom stereocenters. The Morgan fingerprint density at radius 1 is 1.28 bits per heavy atom. The predicted molar refractivity (Wildman–Crippen MR) is 109 cm³/mol. The normalized spacial score (nSPS) is 22.6. The van der Waals surface area contributed by atoms with E-state index in [0.29, 0.717) is 19.4 Å². The van der Waals surface area contributed by atoms with Crippen LogP contribution >= 0.6 is 0 Å². The van der Waals surface area contributed by atoms with Gasteiger partial charge < -0.3 is 19.3 Å². The zero-order chi connectivity index (χ0) is 21.1. The molecule has 1 heterocycles. The summed E-state index contributed by atoms with van der Waals surface area (Å²) in [7, 11) is 0. The van der Waals surface area contributed by atoms with E-state index in [1.807, 2.05) is 30.3 Å². The second-order valence-electron chi connectivity index (χ2n) is 7.40. The van der Waals surface area contributed by atoms with Crippen molar-refractivity contribution >= 4 is 11.9 Å². The van der Waals surface area contributed by atoms with Crippen LogP contribution in [0.25, 0.3) is 0 Å². The number of carboxylic acid groups (broad SMARTS) is 1. The van der Waals surface area contributed by atoms with Gasteiger partial charge in [-0.15, -0.1) is 0 Å². The minimum absolute atomic E-state index is 0.103. The molecule has 1 saturated heterocycles. The lowest BCUT2D eigenvalue weighted by Gasteiger charge is -2.24. The van der Waals surface area contributed by atoms with Crippen molar-refractivity contribution < 1.29 is 28.9 Å². The molecule has 6 nitrogen and oxygen atoms in total. The topological polar surface area (TPSA) is 82.1 Å². The Bertz CT molecular complexity index is 657. The van der Waals surface area contributed by atoms with Crippen LogP contribution in [0.3, 0.4) is 0 Å². The summed E-state index contributed by atoms with van der Waals surface area (Å²) >= 11 is 0. The minimum Gasteiger partial charge on any atom is -0.478 e. The van der Waals surface area contributed by atoms with Gasteiger partial charge in [0.1, 0.15) is 6.10 Å². The lowest BCUT2D eigenvalue weighted by Crippen LogP contribution is -2.29. The van der Waals surface area contributed by atoms with Crippen molar-refractivity contribution in [2.75, 3.05) is 0 Å². The first-order valence-corrected chi connectivity index (χ1v) is 10.4. The maximum atomic E-state index is 11.5. The zero-order valence-electron chi connectivity index (χ0n) is 17.3. The van der Waals surface area contributed by atoms with Gasteiger partial charge in [-0.25, -0.2) is 4.79 Å². The highest BCUT2D eigenvalue weighted by Gasteiger charge is 2.40. The van der Waals surface area contributed by atoms with Gasteiger partial charge in [0.25, 0.3) is 0 Å². The van der Waals surface area contributed by atoms with Crippen molar-refractivity contribution in [1.29, 1.82) is 0 Å². The smallest absolute Gasteiger partial charge is 0.327 e. The summed E-state index contributed by atoms with van der Waals surface area (Å²) in [6.07, 6.45) is 6.65. The molecule has 1 N–H and O–H groups in total. The number of carboxylic acids is 1. The highest BCUT2D eigenvalue weighted by molar-refractivity contribution is 5.79. The molecule has 1 aromatic rings. The summed E-state index contributed by atoms with van der Waals surface area (Å²) in [5.41, 5.74) is 1.10. The van der Waals surface area contributed by atoms with Crippen LogP contribution in [0.5, 0.6) is 0 Å². The number of carbonyl (C=O) groups is 2. The van der Waals surface area contributed by atoms with Crippen LogP contribution in [0.4, 0.5) is 0 Å². The summed E-state index contributed by atoms with van der Waals surface area (Å²) < 4.78 is 17.9. The Balaban J connectivity index is 2.04. The van der Waals surface area contributed by atoms with Gasteiger partial charge in [-0.05, 0) is 18.4 Å². The molecule has 1 aromatic carbocycles. The zero-order valence-corrected chi connectivity index (χ0v) is 17.3. The van der Waals surface area contributed by atoms with Crippen LogP contribution in [0, 0.1) is 0 Å². The Morgan fingerprint density at radius 2 is 2.03 bits per heavy atom. The van der Waals surface area contributed by atoms with E-state index in [2.05, 4.69) is 6.92 Å². The van der Waals surface area contributed by atoms with Gasteiger partial charge in [0.15, 0.2) is 0 Å². The Hall–Kier alpha value is -2.18. The van der Waals surface area contributed by atoms with Gasteiger partial charge in [0.2, 0.25) is 0 Å². The van der Waals surface area contributed by atoms with E-state index in [0.717, 1.165) is 37.3 Å². The van der Waals surface area contributed by atoms with Gasteiger partial charge in [-0.3, -0.25) is 4.79 Å². The molecule has 1 aliphatic rings. The third-order valence-corrected chi connectivity index (χ3v) is 4.99. The van der Waals surface area contributed by atoms with Crippen LogP contribution in [0.1, 0.15) is 57.9 Å². The largest absolute Gasteiger partial charge is 0.478 e. The number of hydrogen-bond acceptors (Lipinski definition) is 5. The van der Waals surface area contributed by atoms with Gasteiger partial charge in [0, 0.05) is 19.4 Å². The highest BCUT2D eigenvalue weighted by Crippen LogP contribution is 2.31. The molecule has 6 heteroatoms. The Morgan fingerprint density at radius 3 is 2.69 bits per heavy atom. The quantitative estimate of drug-likeness (QED) is 0.318. The van der Waals surface area contributed by atoms with E-state index >= 15 is 0 Å². The fourth-order valence-electron chi connectivity index (χ4n) is 3.58. The number of carbonyl (C=O) groups excluding carboxylic acids is 1. The number of rotatable bonds is 12. The maximum absolute atomic E-state index is 11.5. The van der Waals surface area contributed by atoms with Crippen LogP contribution in [0.15, 0.2) is 42.5 Å². The molecule has 0 saturated carbocycles. The van der Waals surface area contributed by atoms with E-state index in [-0.39, 0.29) is 24.3 Å². The number of esters is 1. The molecule has 1 fully saturated rings. The number of aliphatic carboxylic acids is 1. The molecule has 0 aromatic heterocycles. The molecular weight excluding hydrogens is 372 g/mol. The fraction of sp³-hybridized carbons (Fsp3) is 0.565. The van der Waals surface area contributed by atoms with Crippen LogP contribution in [0.2, 0.25) is 0 Å². The van der Waals surface area contributed by atoms with E-state index in [1.54, 1.807) is 6.08 Å². The van der Waals surface area contributed by atoms with Crippen LogP contribution in [-0.2, 0) is 30.4 Å². The number of ether oxygens (including phenoxy) is 3. The Labute approximate surface area is 172 Å². The fourth-order valence-corrected chi connectivity index (χ4v) is 3.58. The SMILES string of the molecule is CCCCC[C@@H](OCc1ccccc1)[C@H]1C[C@@H](OC(C)=O)[C@H](C/C=C/C(=O)O)O1. The van der Waals surface area contributed by atoms with Crippen LogP contribution < -0.4 is 0 Å². The Kier molecular flexibility index (Phi) is 9.88. The molecule has 0 radical (unpaired) electrons. The average Bonchev–Trinajstić information content (AvgIpc) is 3.07. The third-order valence-electron chi connectivity index (χ3n) is 4.99. The molecular formula is C23H32O6. The summed E-state index contributed by atoms with van der Waals surface area (Å²) in [4.78, 5) is 22.2. The first-order valence-electron chi connectivity index (χ1n) is 10.4. The summed E-state index contributed by atoms with van der Waals surface area (Å²) in [6.45, 7) is 4.04. The average molecular weight is 405 g/mol. The van der Waals surface area contributed by atoms with E-state index in [1.165, 1.54) is 6.92 Å². The van der Waals surface area contributed by atoms with Gasteiger partial charge >= 0.3 is 11.9 Å². The van der Waals surface area contributed by atoms with Gasteiger partial charge in [0.05, 0.1) is 24.9 Å². The highest BCUT2D eigenvalue weighted by atomic mass is 16.6. The summed E-state index contributed by atoms with van der Waals surface area (Å²) in [5.74, 6) is -1.37. The number of hydrogen-bond donors (Lipinski definition) is 1. The molecule has 0 spiro atoms. The monoisotopic (exact) mass is 404 g/mol. The molecule has 0 aliphatic carbocycles. The van der Waals surface area contributed by atoms with Crippen molar-refractivity contribution in [3.8, 4) is 0 Å². The lowest BCUT2D eigenvalue weighted by atomic mass is 10.0.